The number of methoxy groups -OCH3 is 3. The molecule has 9 nitrogen and oxygen atoms in total. The number of rotatable bonds is 9. The van der Waals surface area contributed by atoms with E-state index in [2.05, 4.69) is 5.32 Å². The summed E-state index contributed by atoms with van der Waals surface area (Å²) in [7, 11) is 4.60. The molecule has 0 unspecified atom stereocenters. The normalized spacial score (nSPS) is 20.4. The van der Waals surface area contributed by atoms with Crippen LogP contribution in [-0.4, -0.2) is 52.3 Å². The standard InChI is InChI=1S/C31H35NO8/c1-7-39-30(34)24-17(3)32-22-16-21(18-12-14-19(36-4)15-13-18)26(31(35)40-8-2)28(33)27(22)25(24)20-10-9-11-23(37-5)29(20)38-6/h9-15,21,25-26,32H,7-8,16H2,1-6H3/t21-,25+,26-/m1/s1. The number of carbonyl (C=O) groups is 3. The third kappa shape index (κ3) is 5.15. The van der Waals surface area contributed by atoms with E-state index in [0.29, 0.717) is 46.2 Å². The quantitative estimate of drug-likeness (QED) is 0.359. The van der Waals surface area contributed by atoms with Gasteiger partial charge in [0.15, 0.2) is 17.3 Å². The van der Waals surface area contributed by atoms with Crippen molar-refractivity contribution in [1.82, 2.24) is 5.32 Å². The van der Waals surface area contributed by atoms with Crippen LogP contribution in [0.3, 0.4) is 0 Å². The number of hydrogen-bond acceptors (Lipinski definition) is 9. The molecule has 2 aromatic carbocycles. The third-order valence-corrected chi connectivity index (χ3v) is 7.34. The van der Waals surface area contributed by atoms with E-state index >= 15 is 0 Å². The van der Waals surface area contributed by atoms with Gasteiger partial charge in [-0.05, 0) is 51.0 Å². The summed E-state index contributed by atoms with van der Waals surface area (Å²) in [5, 5.41) is 3.31. The predicted molar refractivity (Wildman–Crippen MR) is 147 cm³/mol. The Labute approximate surface area is 234 Å². The van der Waals surface area contributed by atoms with Crippen LogP contribution in [0, 0.1) is 5.92 Å². The van der Waals surface area contributed by atoms with Gasteiger partial charge in [0.2, 0.25) is 0 Å². The van der Waals surface area contributed by atoms with Crippen LogP contribution in [0.1, 0.15) is 50.2 Å². The van der Waals surface area contributed by atoms with Crippen molar-refractivity contribution in [2.45, 2.75) is 39.0 Å². The van der Waals surface area contributed by atoms with Gasteiger partial charge >= 0.3 is 11.9 Å². The van der Waals surface area contributed by atoms with E-state index in [-0.39, 0.29) is 18.8 Å². The highest BCUT2D eigenvalue weighted by atomic mass is 16.5. The smallest absolute Gasteiger partial charge is 0.336 e. The highest BCUT2D eigenvalue weighted by Gasteiger charge is 2.49. The lowest BCUT2D eigenvalue weighted by molar-refractivity contribution is -0.152. The van der Waals surface area contributed by atoms with E-state index in [1.807, 2.05) is 12.1 Å². The lowest BCUT2D eigenvalue weighted by atomic mass is 9.67. The van der Waals surface area contributed by atoms with Crippen LogP contribution in [0.5, 0.6) is 17.2 Å². The van der Waals surface area contributed by atoms with E-state index in [1.165, 1.54) is 14.2 Å². The summed E-state index contributed by atoms with van der Waals surface area (Å²) in [6, 6.07) is 12.6. The molecule has 0 saturated carbocycles. The Morgan fingerprint density at radius 2 is 1.62 bits per heavy atom. The Balaban J connectivity index is 1.95. The Bertz CT molecular complexity index is 1360. The lowest BCUT2D eigenvalue weighted by Gasteiger charge is -2.39. The topological polar surface area (TPSA) is 109 Å². The zero-order valence-corrected chi connectivity index (χ0v) is 23.7. The van der Waals surface area contributed by atoms with Crippen molar-refractivity contribution in [3.8, 4) is 17.2 Å². The summed E-state index contributed by atoms with van der Waals surface area (Å²) in [6.45, 7) is 5.48. The number of allylic oxidation sites excluding steroid dienone is 3. The van der Waals surface area contributed by atoms with Crippen LogP contribution in [-0.2, 0) is 23.9 Å². The largest absolute Gasteiger partial charge is 0.497 e. The first kappa shape index (κ1) is 28.7. The maximum atomic E-state index is 14.5. The molecule has 4 rings (SSSR count). The first-order chi connectivity index (χ1) is 19.3. The first-order valence-electron chi connectivity index (χ1n) is 13.2. The molecular formula is C31H35NO8. The van der Waals surface area contributed by atoms with Gasteiger partial charge in [-0.2, -0.15) is 0 Å². The van der Waals surface area contributed by atoms with Crippen LogP contribution >= 0.6 is 0 Å². The second-order valence-corrected chi connectivity index (χ2v) is 9.47. The SMILES string of the molecule is CCOC(=O)C1=C(C)NC2=C(C(=O)[C@H](C(=O)OCC)[C@@H](c3ccc(OC)cc3)C2)[C@H]1c1cccc(OC)c1OC. The predicted octanol–water partition coefficient (Wildman–Crippen LogP) is 4.43. The Morgan fingerprint density at radius 1 is 0.925 bits per heavy atom. The molecule has 40 heavy (non-hydrogen) atoms. The van der Waals surface area contributed by atoms with Gasteiger partial charge in [-0.25, -0.2) is 4.79 Å². The Morgan fingerprint density at radius 3 is 2.23 bits per heavy atom. The fourth-order valence-electron chi connectivity index (χ4n) is 5.63. The van der Waals surface area contributed by atoms with Crippen molar-refractivity contribution in [3.63, 3.8) is 0 Å². The van der Waals surface area contributed by atoms with Gasteiger partial charge in [0.25, 0.3) is 0 Å². The zero-order valence-electron chi connectivity index (χ0n) is 23.7. The average Bonchev–Trinajstić information content (AvgIpc) is 2.95. The van der Waals surface area contributed by atoms with Crippen molar-refractivity contribution in [3.05, 3.63) is 76.1 Å². The van der Waals surface area contributed by atoms with Crippen molar-refractivity contribution >= 4 is 17.7 Å². The number of dihydropyridines is 1. The maximum Gasteiger partial charge on any atom is 0.336 e. The van der Waals surface area contributed by atoms with Crippen molar-refractivity contribution < 1.29 is 38.1 Å². The van der Waals surface area contributed by atoms with Crippen LogP contribution < -0.4 is 19.5 Å². The summed E-state index contributed by atoms with van der Waals surface area (Å²) < 4.78 is 27.4. The number of carbonyl (C=O) groups excluding carboxylic acids is 3. The summed E-state index contributed by atoms with van der Waals surface area (Å²) in [5.74, 6) is -2.56. The molecule has 1 aliphatic carbocycles. The zero-order chi connectivity index (χ0) is 29.0. The van der Waals surface area contributed by atoms with Gasteiger partial charge in [0, 0.05) is 28.4 Å². The van der Waals surface area contributed by atoms with E-state index < -0.39 is 35.5 Å². The molecule has 2 aromatic rings. The van der Waals surface area contributed by atoms with E-state index in [0.717, 1.165) is 5.56 Å². The van der Waals surface area contributed by atoms with Crippen LogP contribution in [0.15, 0.2) is 65.0 Å². The summed E-state index contributed by atoms with van der Waals surface area (Å²) in [5.41, 5.74) is 3.12. The van der Waals surface area contributed by atoms with E-state index in [1.54, 1.807) is 58.2 Å². The number of esters is 2. The van der Waals surface area contributed by atoms with Gasteiger partial charge in [0.1, 0.15) is 11.7 Å². The fourth-order valence-corrected chi connectivity index (χ4v) is 5.63. The van der Waals surface area contributed by atoms with Gasteiger partial charge in [-0.1, -0.05) is 24.3 Å². The molecule has 2 aliphatic rings. The molecule has 0 spiro atoms. The number of nitrogens with one attached hydrogen (secondary N) is 1. The lowest BCUT2D eigenvalue weighted by Crippen LogP contribution is -2.43. The molecule has 0 bridgehead atoms. The molecule has 0 radical (unpaired) electrons. The minimum Gasteiger partial charge on any atom is -0.497 e. The molecule has 212 valence electrons. The molecule has 1 heterocycles. The molecule has 9 heteroatoms. The molecule has 1 N–H and O–H groups in total. The molecular weight excluding hydrogens is 514 g/mol. The number of ketones is 1. The van der Waals surface area contributed by atoms with Gasteiger partial charge in [-0.15, -0.1) is 0 Å². The third-order valence-electron chi connectivity index (χ3n) is 7.34. The van der Waals surface area contributed by atoms with Crippen molar-refractivity contribution in [1.29, 1.82) is 0 Å². The average molecular weight is 550 g/mol. The van der Waals surface area contributed by atoms with E-state index in [4.69, 9.17) is 23.7 Å². The Kier molecular flexibility index (Phi) is 8.82. The number of hydrogen-bond donors (Lipinski definition) is 1. The van der Waals surface area contributed by atoms with Crippen LogP contribution in [0.2, 0.25) is 0 Å². The highest BCUT2D eigenvalue weighted by Crippen LogP contribution is 2.51. The molecule has 0 saturated heterocycles. The minimum atomic E-state index is -1.12. The van der Waals surface area contributed by atoms with Gasteiger partial charge < -0.3 is 29.0 Å². The molecule has 0 fully saturated rings. The maximum absolute atomic E-state index is 14.5. The van der Waals surface area contributed by atoms with Crippen LogP contribution in [0.25, 0.3) is 0 Å². The van der Waals surface area contributed by atoms with E-state index in [9.17, 15) is 14.4 Å². The minimum absolute atomic E-state index is 0.127. The molecule has 1 aliphatic heterocycles. The summed E-state index contributed by atoms with van der Waals surface area (Å²) in [4.78, 5) is 41.2. The van der Waals surface area contributed by atoms with Crippen molar-refractivity contribution in [2.75, 3.05) is 34.5 Å². The molecule has 3 atom stereocenters. The van der Waals surface area contributed by atoms with Crippen molar-refractivity contribution in [2.24, 2.45) is 5.92 Å². The number of para-hydroxylation sites is 1. The summed E-state index contributed by atoms with van der Waals surface area (Å²) >= 11 is 0. The Hall–Kier alpha value is -4.27. The summed E-state index contributed by atoms with van der Waals surface area (Å²) in [6.07, 6.45) is 0.340. The molecule has 0 aromatic heterocycles. The number of benzene rings is 2. The van der Waals surface area contributed by atoms with Gasteiger partial charge in [-0.3, -0.25) is 9.59 Å². The number of Topliss-reactive ketones (excluding diaryl/α,β-unsaturated/α-hetero) is 1. The second kappa shape index (κ2) is 12.3. The molecule has 0 amide bonds. The fraction of sp³-hybridized carbons (Fsp3) is 0.387. The second-order valence-electron chi connectivity index (χ2n) is 9.47. The first-order valence-corrected chi connectivity index (χ1v) is 13.2. The van der Waals surface area contributed by atoms with Gasteiger partial charge in [0.05, 0.1) is 46.0 Å². The number of ether oxygens (including phenoxy) is 5. The monoisotopic (exact) mass is 549 g/mol. The van der Waals surface area contributed by atoms with Crippen LogP contribution in [0.4, 0.5) is 0 Å². The highest BCUT2D eigenvalue weighted by molar-refractivity contribution is 6.13.